The van der Waals surface area contributed by atoms with E-state index in [-0.39, 0.29) is 12.5 Å². The first-order valence-electron chi connectivity index (χ1n) is 6.16. The monoisotopic (exact) mass is 253 g/mol. The first-order chi connectivity index (χ1) is 8.79. The van der Waals surface area contributed by atoms with Crippen LogP contribution in [-0.2, 0) is 22.6 Å². The molecule has 100 valence electrons. The van der Waals surface area contributed by atoms with Crippen LogP contribution in [0.5, 0.6) is 0 Å². The summed E-state index contributed by atoms with van der Waals surface area (Å²) in [6.07, 6.45) is 2.91. The number of hydrogen-bond donors (Lipinski definition) is 1. The summed E-state index contributed by atoms with van der Waals surface area (Å²) in [6.45, 7) is 4.11. The highest BCUT2D eigenvalue weighted by molar-refractivity contribution is 5.76. The number of ether oxygens (including phenoxy) is 1. The Bertz CT molecular complexity index is 389. The summed E-state index contributed by atoms with van der Waals surface area (Å²) in [4.78, 5) is 13.5. The molecule has 1 fully saturated rings. The van der Waals surface area contributed by atoms with Gasteiger partial charge >= 0.3 is 0 Å². The molecular weight excluding hydrogens is 234 g/mol. The van der Waals surface area contributed by atoms with E-state index in [1.54, 1.807) is 18.0 Å². The van der Waals surface area contributed by atoms with E-state index in [2.05, 4.69) is 15.6 Å². The quantitative estimate of drug-likeness (QED) is 0.647. The second kappa shape index (κ2) is 6.46. The zero-order valence-electron chi connectivity index (χ0n) is 10.6. The molecule has 0 spiro atoms. The molecule has 7 nitrogen and oxygen atoms in total. The van der Waals surface area contributed by atoms with Gasteiger partial charge in [0.05, 0.1) is 18.5 Å². The summed E-state index contributed by atoms with van der Waals surface area (Å²) >= 11 is 0. The molecule has 0 saturated carbocycles. The maximum absolute atomic E-state index is 11.7. The number of methoxy groups -OCH3 is 1. The maximum atomic E-state index is 11.7. The van der Waals surface area contributed by atoms with E-state index in [4.69, 9.17) is 4.74 Å². The van der Waals surface area contributed by atoms with Crippen LogP contribution in [0, 0.1) is 0 Å². The van der Waals surface area contributed by atoms with E-state index in [1.807, 2.05) is 4.90 Å². The minimum Gasteiger partial charge on any atom is -0.383 e. The lowest BCUT2D eigenvalue weighted by molar-refractivity contribution is -0.135. The van der Waals surface area contributed by atoms with Crippen molar-refractivity contribution < 1.29 is 9.53 Å². The number of nitrogens with one attached hydrogen (secondary N) is 1. The second-order valence-electron chi connectivity index (χ2n) is 4.31. The summed E-state index contributed by atoms with van der Waals surface area (Å²) in [5.41, 5.74) is 0.836. The third-order valence-electron chi connectivity index (χ3n) is 2.88. The van der Waals surface area contributed by atoms with Crippen LogP contribution in [0.2, 0.25) is 0 Å². The maximum Gasteiger partial charge on any atom is 0.244 e. The number of nitrogens with zero attached hydrogens (tertiary/aromatic N) is 4. The van der Waals surface area contributed by atoms with Crippen molar-refractivity contribution in [2.45, 2.75) is 19.5 Å². The molecule has 1 amide bonds. The van der Waals surface area contributed by atoms with Crippen molar-refractivity contribution in [3.8, 4) is 0 Å². The van der Waals surface area contributed by atoms with Gasteiger partial charge in [-0.15, -0.1) is 5.10 Å². The van der Waals surface area contributed by atoms with Gasteiger partial charge in [-0.25, -0.2) is 4.68 Å². The predicted octanol–water partition coefficient (Wildman–Crippen LogP) is -0.754. The highest BCUT2D eigenvalue weighted by atomic mass is 16.5. The molecule has 1 aromatic heterocycles. The Morgan fingerprint density at radius 1 is 1.56 bits per heavy atom. The number of rotatable bonds is 7. The van der Waals surface area contributed by atoms with Crippen molar-refractivity contribution in [1.82, 2.24) is 25.2 Å². The van der Waals surface area contributed by atoms with Gasteiger partial charge in [0, 0.05) is 33.3 Å². The van der Waals surface area contributed by atoms with Crippen molar-refractivity contribution >= 4 is 5.91 Å². The van der Waals surface area contributed by atoms with Crippen LogP contribution in [-0.4, -0.2) is 59.2 Å². The molecule has 1 aliphatic heterocycles. The molecule has 0 unspecified atom stereocenters. The molecule has 1 aliphatic rings. The Morgan fingerprint density at radius 3 is 3.06 bits per heavy atom. The number of aromatic nitrogens is 3. The van der Waals surface area contributed by atoms with E-state index in [9.17, 15) is 4.79 Å². The standard InChI is InChI=1S/C11H19N5O2/c1-18-6-3-12-7-10-8-16(14-13-10)9-11(17)15-4-2-5-15/h8,12H,2-7,9H2,1H3. The van der Waals surface area contributed by atoms with E-state index < -0.39 is 0 Å². The van der Waals surface area contributed by atoms with Gasteiger partial charge in [0.25, 0.3) is 0 Å². The second-order valence-corrected chi connectivity index (χ2v) is 4.31. The molecule has 2 heterocycles. The van der Waals surface area contributed by atoms with Gasteiger partial charge in [0.2, 0.25) is 5.91 Å². The smallest absolute Gasteiger partial charge is 0.244 e. The van der Waals surface area contributed by atoms with E-state index >= 15 is 0 Å². The van der Waals surface area contributed by atoms with Crippen LogP contribution in [0.1, 0.15) is 12.1 Å². The van der Waals surface area contributed by atoms with Crippen molar-refractivity contribution in [3.63, 3.8) is 0 Å². The fraction of sp³-hybridized carbons (Fsp3) is 0.727. The highest BCUT2D eigenvalue weighted by Gasteiger charge is 2.20. The van der Waals surface area contributed by atoms with Crippen molar-refractivity contribution in [2.75, 3.05) is 33.4 Å². The Morgan fingerprint density at radius 2 is 2.39 bits per heavy atom. The molecule has 1 saturated heterocycles. The van der Waals surface area contributed by atoms with Gasteiger partial charge in [-0.3, -0.25) is 4.79 Å². The number of amides is 1. The largest absolute Gasteiger partial charge is 0.383 e. The molecular formula is C11H19N5O2. The Hall–Kier alpha value is -1.47. The van der Waals surface area contributed by atoms with Gasteiger partial charge in [-0.2, -0.15) is 0 Å². The molecule has 1 aromatic rings. The number of carbonyl (C=O) groups excluding carboxylic acids is 1. The summed E-state index contributed by atoms with van der Waals surface area (Å²) in [5.74, 6) is 0.116. The average molecular weight is 253 g/mol. The van der Waals surface area contributed by atoms with Crippen LogP contribution < -0.4 is 5.32 Å². The lowest BCUT2D eigenvalue weighted by Crippen LogP contribution is -2.43. The van der Waals surface area contributed by atoms with E-state index in [0.717, 1.165) is 31.7 Å². The highest BCUT2D eigenvalue weighted by Crippen LogP contribution is 2.06. The Balaban J connectivity index is 1.73. The molecule has 1 N–H and O–H groups in total. The zero-order valence-corrected chi connectivity index (χ0v) is 10.6. The molecule has 0 radical (unpaired) electrons. The average Bonchev–Trinajstić information content (AvgIpc) is 2.69. The third kappa shape index (κ3) is 3.51. The molecule has 18 heavy (non-hydrogen) atoms. The predicted molar refractivity (Wildman–Crippen MR) is 64.8 cm³/mol. The topological polar surface area (TPSA) is 72.3 Å². The van der Waals surface area contributed by atoms with Gasteiger partial charge in [0.1, 0.15) is 6.54 Å². The van der Waals surface area contributed by atoms with Crippen LogP contribution in [0.15, 0.2) is 6.20 Å². The molecule has 0 aromatic carbocycles. The number of hydrogen-bond acceptors (Lipinski definition) is 5. The van der Waals surface area contributed by atoms with E-state index in [0.29, 0.717) is 13.2 Å². The minimum absolute atomic E-state index is 0.116. The SMILES string of the molecule is COCCNCc1cn(CC(=O)N2CCC2)nn1. The van der Waals surface area contributed by atoms with Gasteiger partial charge < -0.3 is 15.0 Å². The van der Waals surface area contributed by atoms with Crippen molar-refractivity contribution in [2.24, 2.45) is 0 Å². The Labute approximate surface area is 106 Å². The van der Waals surface area contributed by atoms with Crippen LogP contribution in [0.25, 0.3) is 0 Å². The molecule has 0 atom stereocenters. The Kier molecular flexibility index (Phi) is 4.66. The van der Waals surface area contributed by atoms with Crippen molar-refractivity contribution in [1.29, 1.82) is 0 Å². The lowest BCUT2D eigenvalue weighted by atomic mass is 10.2. The first-order valence-corrected chi connectivity index (χ1v) is 6.16. The zero-order chi connectivity index (χ0) is 12.8. The molecule has 0 bridgehead atoms. The molecule has 2 rings (SSSR count). The normalized spacial score (nSPS) is 14.6. The van der Waals surface area contributed by atoms with Gasteiger partial charge in [-0.1, -0.05) is 5.21 Å². The van der Waals surface area contributed by atoms with Crippen LogP contribution in [0.3, 0.4) is 0 Å². The minimum atomic E-state index is 0.116. The summed E-state index contributed by atoms with van der Waals surface area (Å²) in [5, 5.41) is 11.1. The summed E-state index contributed by atoms with van der Waals surface area (Å²) in [7, 11) is 1.67. The first kappa shape index (κ1) is 13.0. The summed E-state index contributed by atoms with van der Waals surface area (Å²) in [6, 6.07) is 0. The lowest BCUT2D eigenvalue weighted by Gasteiger charge is -2.30. The summed E-state index contributed by atoms with van der Waals surface area (Å²) < 4.78 is 6.52. The van der Waals surface area contributed by atoms with Gasteiger partial charge in [0.15, 0.2) is 0 Å². The van der Waals surface area contributed by atoms with Crippen LogP contribution >= 0.6 is 0 Å². The fourth-order valence-corrected chi connectivity index (χ4v) is 1.69. The fourth-order valence-electron chi connectivity index (χ4n) is 1.69. The van der Waals surface area contributed by atoms with E-state index in [1.165, 1.54) is 0 Å². The van der Waals surface area contributed by atoms with Gasteiger partial charge in [-0.05, 0) is 6.42 Å². The van der Waals surface area contributed by atoms with Crippen LogP contribution in [0.4, 0.5) is 0 Å². The van der Waals surface area contributed by atoms with Crippen molar-refractivity contribution in [3.05, 3.63) is 11.9 Å². The molecule has 0 aliphatic carbocycles. The molecule has 7 heteroatoms. The third-order valence-corrected chi connectivity index (χ3v) is 2.88. The number of likely N-dealkylation sites (tertiary alicyclic amines) is 1. The number of carbonyl (C=O) groups is 1.